The third-order valence-electron chi connectivity index (χ3n) is 2.88. The minimum Gasteiger partial charge on any atom is -0.322 e. The summed E-state index contributed by atoms with van der Waals surface area (Å²) >= 11 is 9.59. The molecule has 0 saturated carbocycles. The van der Waals surface area contributed by atoms with Crippen molar-refractivity contribution in [3.63, 3.8) is 0 Å². The fourth-order valence-electron chi connectivity index (χ4n) is 2.01. The number of alkyl halides is 1. The molecule has 0 aliphatic heterocycles. The number of hydrogen-bond donors (Lipinski definition) is 0. The average molecular weight is 407 g/mol. The van der Waals surface area contributed by atoms with Crippen LogP contribution in [0.5, 0.6) is 0 Å². The van der Waals surface area contributed by atoms with E-state index in [9.17, 15) is 4.39 Å². The molecule has 0 atom stereocenters. The van der Waals surface area contributed by atoms with Crippen molar-refractivity contribution in [2.75, 3.05) is 0 Å². The number of rotatable bonds is 3. The monoisotopic (exact) mass is 406 g/mol. The van der Waals surface area contributed by atoms with Crippen molar-refractivity contribution >= 4 is 56.6 Å². The molecule has 2 aromatic heterocycles. The molecule has 1 aromatic carbocycles. The molecule has 0 spiro atoms. The third-order valence-corrected chi connectivity index (χ3v) is 4.81. The van der Waals surface area contributed by atoms with Gasteiger partial charge in [-0.05, 0) is 40.1 Å². The Hall–Kier alpha value is -0.660. The van der Waals surface area contributed by atoms with Gasteiger partial charge in [-0.25, -0.2) is 9.37 Å². The Morgan fingerprint density at radius 2 is 2.26 bits per heavy atom. The van der Waals surface area contributed by atoms with Crippen molar-refractivity contribution < 1.29 is 4.39 Å². The van der Waals surface area contributed by atoms with Gasteiger partial charge < -0.3 is 4.57 Å². The first kappa shape index (κ1) is 13.3. The summed E-state index contributed by atoms with van der Waals surface area (Å²) in [4.78, 5) is 5.68. The van der Waals surface area contributed by atoms with E-state index in [-0.39, 0.29) is 5.82 Å². The van der Waals surface area contributed by atoms with Crippen LogP contribution in [-0.4, -0.2) is 9.55 Å². The molecule has 0 aliphatic carbocycles. The van der Waals surface area contributed by atoms with Crippen LogP contribution in [-0.2, 0) is 12.4 Å². The lowest BCUT2D eigenvalue weighted by Gasteiger charge is -2.06. The maximum Gasteiger partial charge on any atom is 0.138 e. The SMILES string of the molecule is Fc1cc2c(cc1I)nc(CCl)n2Cc1cccs1. The van der Waals surface area contributed by atoms with E-state index in [2.05, 4.69) is 11.1 Å². The average Bonchev–Trinajstić information content (AvgIpc) is 3.00. The maximum absolute atomic E-state index is 13.7. The molecular formula is C13H9ClFIN2S. The Morgan fingerprint density at radius 3 is 2.95 bits per heavy atom. The number of halogens is 3. The zero-order valence-corrected chi connectivity index (χ0v) is 13.5. The molecule has 3 rings (SSSR count). The van der Waals surface area contributed by atoms with Crippen LogP contribution < -0.4 is 0 Å². The van der Waals surface area contributed by atoms with Crippen LogP contribution in [0.3, 0.4) is 0 Å². The van der Waals surface area contributed by atoms with Crippen LogP contribution in [0.25, 0.3) is 11.0 Å². The van der Waals surface area contributed by atoms with Gasteiger partial charge in [0.05, 0.1) is 27.0 Å². The minimum absolute atomic E-state index is 0.221. The Kier molecular flexibility index (Phi) is 3.77. The highest BCUT2D eigenvalue weighted by molar-refractivity contribution is 14.1. The van der Waals surface area contributed by atoms with Gasteiger partial charge in [0.25, 0.3) is 0 Å². The molecule has 0 N–H and O–H groups in total. The third kappa shape index (κ3) is 2.51. The van der Waals surface area contributed by atoms with Crippen molar-refractivity contribution in [2.24, 2.45) is 0 Å². The van der Waals surface area contributed by atoms with Gasteiger partial charge in [0.2, 0.25) is 0 Å². The molecule has 0 unspecified atom stereocenters. The highest BCUT2D eigenvalue weighted by Crippen LogP contribution is 2.24. The van der Waals surface area contributed by atoms with Crippen molar-refractivity contribution in [3.05, 3.63) is 49.7 Å². The number of thiophene rings is 1. The van der Waals surface area contributed by atoms with E-state index in [0.29, 0.717) is 16.0 Å². The van der Waals surface area contributed by atoms with Crippen LogP contribution >= 0.6 is 45.5 Å². The smallest absolute Gasteiger partial charge is 0.138 e. The number of aromatic nitrogens is 2. The van der Waals surface area contributed by atoms with E-state index in [1.165, 1.54) is 10.9 Å². The van der Waals surface area contributed by atoms with E-state index >= 15 is 0 Å². The maximum atomic E-state index is 13.7. The fraction of sp³-hybridized carbons (Fsp3) is 0.154. The van der Waals surface area contributed by atoms with Crippen molar-refractivity contribution in [3.8, 4) is 0 Å². The summed E-state index contributed by atoms with van der Waals surface area (Å²) < 4.78 is 16.3. The van der Waals surface area contributed by atoms with Gasteiger partial charge in [0.1, 0.15) is 11.6 Å². The molecule has 0 aliphatic rings. The van der Waals surface area contributed by atoms with E-state index < -0.39 is 0 Å². The van der Waals surface area contributed by atoms with E-state index in [0.717, 1.165) is 16.9 Å². The predicted octanol–water partition coefficient (Wildman–Crippen LogP) is 4.63. The van der Waals surface area contributed by atoms with Crippen molar-refractivity contribution in [1.82, 2.24) is 9.55 Å². The van der Waals surface area contributed by atoms with E-state index in [1.54, 1.807) is 17.4 Å². The van der Waals surface area contributed by atoms with Crippen LogP contribution in [0.15, 0.2) is 29.6 Å². The van der Waals surface area contributed by atoms with Gasteiger partial charge in [-0.15, -0.1) is 22.9 Å². The van der Waals surface area contributed by atoms with E-state index in [4.69, 9.17) is 11.6 Å². The summed E-state index contributed by atoms with van der Waals surface area (Å²) in [6, 6.07) is 7.35. The number of imidazole rings is 1. The molecule has 0 radical (unpaired) electrons. The summed E-state index contributed by atoms with van der Waals surface area (Å²) in [6.45, 7) is 0.677. The van der Waals surface area contributed by atoms with Gasteiger partial charge in [0, 0.05) is 10.9 Å². The first-order valence-electron chi connectivity index (χ1n) is 5.61. The Morgan fingerprint density at radius 1 is 1.42 bits per heavy atom. The summed E-state index contributed by atoms with van der Waals surface area (Å²) in [6.07, 6.45) is 0. The van der Waals surface area contributed by atoms with Crippen LogP contribution in [0.4, 0.5) is 4.39 Å². The summed E-state index contributed by atoms with van der Waals surface area (Å²) in [7, 11) is 0. The first-order chi connectivity index (χ1) is 9.19. The molecule has 3 aromatic rings. The highest BCUT2D eigenvalue weighted by Gasteiger charge is 2.13. The molecule has 0 bridgehead atoms. The second kappa shape index (κ2) is 5.38. The molecule has 0 fully saturated rings. The second-order valence-corrected chi connectivity index (χ2v) is 6.54. The number of benzene rings is 1. The standard InChI is InChI=1S/C13H9ClFIN2S/c14-6-13-17-11-5-10(16)9(15)4-12(11)18(13)7-8-2-1-3-19-8/h1-5H,6-7H2. The molecule has 2 heterocycles. The van der Waals surface area contributed by atoms with Gasteiger partial charge in [-0.3, -0.25) is 0 Å². The van der Waals surface area contributed by atoms with Crippen LogP contribution in [0.2, 0.25) is 0 Å². The normalized spacial score (nSPS) is 11.3. The lowest BCUT2D eigenvalue weighted by Crippen LogP contribution is -2.02. The zero-order chi connectivity index (χ0) is 13.4. The fourth-order valence-corrected chi connectivity index (χ4v) is 3.35. The lowest BCUT2D eigenvalue weighted by molar-refractivity contribution is 0.621. The minimum atomic E-state index is -0.221. The predicted molar refractivity (Wildman–Crippen MR) is 85.4 cm³/mol. The molecule has 0 amide bonds. The van der Waals surface area contributed by atoms with E-state index in [1.807, 2.05) is 38.6 Å². The number of nitrogens with zero attached hydrogens (tertiary/aromatic N) is 2. The molecule has 2 nitrogen and oxygen atoms in total. The van der Waals surface area contributed by atoms with Crippen LogP contribution in [0.1, 0.15) is 10.7 Å². The molecule has 19 heavy (non-hydrogen) atoms. The number of hydrogen-bond acceptors (Lipinski definition) is 2. The molecular weight excluding hydrogens is 398 g/mol. The quantitative estimate of drug-likeness (QED) is 0.458. The van der Waals surface area contributed by atoms with Gasteiger partial charge >= 0.3 is 0 Å². The van der Waals surface area contributed by atoms with Gasteiger partial charge in [-0.2, -0.15) is 0 Å². The summed E-state index contributed by atoms with van der Waals surface area (Å²) in [5, 5.41) is 2.03. The largest absolute Gasteiger partial charge is 0.322 e. The van der Waals surface area contributed by atoms with Crippen molar-refractivity contribution in [2.45, 2.75) is 12.4 Å². The number of fused-ring (bicyclic) bond motifs is 1. The Bertz CT molecular complexity index is 724. The summed E-state index contributed by atoms with van der Waals surface area (Å²) in [5.74, 6) is 0.867. The Balaban J connectivity index is 2.17. The molecule has 98 valence electrons. The van der Waals surface area contributed by atoms with Crippen LogP contribution in [0, 0.1) is 9.39 Å². The second-order valence-electron chi connectivity index (χ2n) is 4.08. The molecule has 6 heteroatoms. The topological polar surface area (TPSA) is 17.8 Å². The van der Waals surface area contributed by atoms with Gasteiger partial charge in [-0.1, -0.05) is 6.07 Å². The highest BCUT2D eigenvalue weighted by atomic mass is 127. The zero-order valence-electron chi connectivity index (χ0n) is 9.74. The molecule has 0 saturated heterocycles. The van der Waals surface area contributed by atoms with Crippen molar-refractivity contribution in [1.29, 1.82) is 0 Å². The lowest BCUT2D eigenvalue weighted by atomic mass is 10.3. The summed E-state index contributed by atoms with van der Waals surface area (Å²) in [5.41, 5.74) is 1.58. The van der Waals surface area contributed by atoms with Gasteiger partial charge in [0.15, 0.2) is 0 Å². The first-order valence-corrected chi connectivity index (χ1v) is 8.11. The Labute approximate surface area is 132 Å².